The fourth-order valence-corrected chi connectivity index (χ4v) is 4.55. The number of aryl methyl sites for hydroxylation is 1. The Morgan fingerprint density at radius 1 is 0.848 bits per heavy atom. The van der Waals surface area contributed by atoms with Gasteiger partial charge in [0.05, 0.1) is 12.2 Å². The number of nitrogens with one attached hydrogen (secondary N) is 1. The molecule has 7 heteroatoms. The highest BCUT2D eigenvalue weighted by molar-refractivity contribution is 5.74. The molecule has 2 aliphatic heterocycles. The molecule has 2 fully saturated rings. The predicted molar refractivity (Wildman–Crippen MR) is 135 cm³/mol. The topological polar surface area (TPSA) is 51.3 Å². The average Bonchev–Trinajstić information content (AvgIpc) is 2.84. The number of piperazine rings is 2. The number of benzene rings is 2. The van der Waals surface area contributed by atoms with E-state index < -0.39 is 0 Å². The molecular weight excluding hydrogens is 414 g/mol. The zero-order chi connectivity index (χ0) is 23.2. The molecule has 2 aromatic rings. The Balaban J connectivity index is 1.21. The lowest BCUT2D eigenvalue weighted by Gasteiger charge is -2.37. The normalized spacial score (nSPS) is 17.2. The van der Waals surface area contributed by atoms with Crippen molar-refractivity contribution in [1.82, 2.24) is 15.1 Å². The minimum atomic E-state index is -0.00781. The zero-order valence-electron chi connectivity index (χ0n) is 20.2. The zero-order valence-corrected chi connectivity index (χ0v) is 20.2. The molecule has 7 nitrogen and oxygen atoms in total. The summed E-state index contributed by atoms with van der Waals surface area (Å²) in [6.07, 6.45) is 0. The standard InChI is InChI=1S/C26H37N5O2/c1-21-7-6-9-23(22(21)2)29-16-18-31(19-17-29)26(32)27-11-20-33-25-10-5-4-8-24(25)30-14-12-28(3)13-15-30/h4-10H,11-20H2,1-3H3,(H,27,32). The Bertz CT molecular complexity index is 934. The summed E-state index contributed by atoms with van der Waals surface area (Å²) < 4.78 is 6.06. The van der Waals surface area contributed by atoms with Gasteiger partial charge in [-0.25, -0.2) is 4.79 Å². The van der Waals surface area contributed by atoms with Gasteiger partial charge < -0.3 is 29.7 Å². The first kappa shape index (κ1) is 23.2. The highest BCUT2D eigenvalue weighted by Gasteiger charge is 2.22. The number of amides is 2. The van der Waals surface area contributed by atoms with Gasteiger partial charge in [0.15, 0.2) is 0 Å². The highest BCUT2D eigenvalue weighted by Crippen LogP contribution is 2.28. The fourth-order valence-electron chi connectivity index (χ4n) is 4.55. The van der Waals surface area contributed by atoms with Crippen LogP contribution in [-0.2, 0) is 0 Å². The molecule has 0 saturated carbocycles. The molecule has 2 aliphatic rings. The second kappa shape index (κ2) is 10.8. The van der Waals surface area contributed by atoms with Crippen LogP contribution < -0.4 is 19.9 Å². The minimum Gasteiger partial charge on any atom is -0.490 e. The van der Waals surface area contributed by atoms with Crippen LogP contribution in [-0.4, -0.2) is 88.4 Å². The maximum Gasteiger partial charge on any atom is 0.317 e. The molecule has 2 saturated heterocycles. The maximum absolute atomic E-state index is 12.6. The molecule has 0 bridgehead atoms. The van der Waals surface area contributed by atoms with Crippen LogP contribution >= 0.6 is 0 Å². The number of para-hydroxylation sites is 2. The van der Waals surface area contributed by atoms with E-state index >= 15 is 0 Å². The van der Waals surface area contributed by atoms with Crippen molar-refractivity contribution in [2.45, 2.75) is 13.8 Å². The van der Waals surface area contributed by atoms with Gasteiger partial charge in [-0.15, -0.1) is 0 Å². The Morgan fingerprint density at radius 3 is 2.24 bits per heavy atom. The van der Waals surface area contributed by atoms with Gasteiger partial charge >= 0.3 is 6.03 Å². The third kappa shape index (κ3) is 5.71. The van der Waals surface area contributed by atoms with Gasteiger partial charge in [-0.1, -0.05) is 24.3 Å². The van der Waals surface area contributed by atoms with Crippen molar-refractivity contribution in [3.05, 3.63) is 53.6 Å². The largest absolute Gasteiger partial charge is 0.490 e. The van der Waals surface area contributed by atoms with Crippen LogP contribution in [0.4, 0.5) is 16.2 Å². The molecule has 33 heavy (non-hydrogen) atoms. The summed E-state index contributed by atoms with van der Waals surface area (Å²) in [5.41, 5.74) is 5.05. The summed E-state index contributed by atoms with van der Waals surface area (Å²) in [6, 6.07) is 14.6. The molecule has 0 atom stereocenters. The first-order chi connectivity index (χ1) is 16.0. The molecule has 0 aromatic heterocycles. The first-order valence-electron chi connectivity index (χ1n) is 12.0. The lowest BCUT2D eigenvalue weighted by Crippen LogP contribution is -2.52. The number of hydrogen-bond acceptors (Lipinski definition) is 5. The van der Waals surface area contributed by atoms with Crippen LogP contribution in [0.5, 0.6) is 5.75 Å². The molecule has 0 aliphatic carbocycles. The van der Waals surface area contributed by atoms with E-state index in [0.29, 0.717) is 13.2 Å². The van der Waals surface area contributed by atoms with Crippen LogP contribution in [0.3, 0.4) is 0 Å². The number of anilines is 2. The summed E-state index contributed by atoms with van der Waals surface area (Å²) in [6.45, 7) is 12.6. The molecular formula is C26H37N5O2. The first-order valence-corrected chi connectivity index (χ1v) is 12.0. The Hall–Kier alpha value is -2.93. The Labute approximate surface area is 197 Å². The molecule has 4 rings (SSSR count). The summed E-state index contributed by atoms with van der Waals surface area (Å²) in [4.78, 5) is 21.7. The van der Waals surface area contributed by atoms with Gasteiger partial charge in [0.2, 0.25) is 0 Å². The van der Waals surface area contributed by atoms with Crippen LogP contribution in [0.15, 0.2) is 42.5 Å². The van der Waals surface area contributed by atoms with Gasteiger partial charge in [-0.2, -0.15) is 0 Å². The Morgan fingerprint density at radius 2 is 1.48 bits per heavy atom. The van der Waals surface area contributed by atoms with Crippen molar-refractivity contribution >= 4 is 17.4 Å². The van der Waals surface area contributed by atoms with E-state index in [2.05, 4.69) is 71.2 Å². The summed E-state index contributed by atoms with van der Waals surface area (Å²) in [5, 5.41) is 3.03. The monoisotopic (exact) mass is 451 g/mol. The molecule has 178 valence electrons. The van der Waals surface area contributed by atoms with Crippen molar-refractivity contribution in [2.75, 3.05) is 82.4 Å². The van der Waals surface area contributed by atoms with Crippen molar-refractivity contribution < 1.29 is 9.53 Å². The number of urea groups is 1. The summed E-state index contributed by atoms with van der Waals surface area (Å²) >= 11 is 0. The lowest BCUT2D eigenvalue weighted by molar-refractivity contribution is 0.191. The quantitative estimate of drug-likeness (QED) is 0.685. The van der Waals surface area contributed by atoms with Gasteiger partial charge in [0.25, 0.3) is 0 Å². The molecule has 1 N–H and O–H groups in total. The van der Waals surface area contributed by atoms with E-state index in [0.717, 1.165) is 63.8 Å². The lowest BCUT2D eigenvalue weighted by atomic mass is 10.1. The summed E-state index contributed by atoms with van der Waals surface area (Å²) in [5.74, 6) is 0.887. The number of likely N-dealkylation sites (N-methyl/N-ethyl adjacent to an activating group) is 1. The number of nitrogens with zero attached hydrogens (tertiary/aromatic N) is 4. The van der Waals surface area contributed by atoms with Crippen molar-refractivity contribution in [3.8, 4) is 5.75 Å². The van der Waals surface area contributed by atoms with Crippen molar-refractivity contribution in [1.29, 1.82) is 0 Å². The number of rotatable bonds is 6. The molecule has 0 radical (unpaired) electrons. The van der Waals surface area contributed by atoms with E-state index in [4.69, 9.17) is 4.74 Å². The average molecular weight is 452 g/mol. The second-order valence-electron chi connectivity index (χ2n) is 9.03. The maximum atomic E-state index is 12.6. The SMILES string of the molecule is Cc1cccc(N2CCN(C(=O)NCCOc3ccccc3N3CCN(C)CC3)CC2)c1C. The predicted octanol–water partition coefficient (Wildman–Crippen LogP) is 2.97. The molecule has 2 amide bonds. The van der Waals surface area contributed by atoms with Crippen molar-refractivity contribution in [3.63, 3.8) is 0 Å². The number of ether oxygens (including phenoxy) is 1. The molecule has 0 spiro atoms. The third-order valence-electron chi connectivity index (χ3n) is 6.83. The van der Waals surface area contributed by atoms with E-state index in [1.54, 1.807) is 0 Å². The van der Waals surface area contributed by atoms with Crippen LogP contribution in [0.25, 0.3) is 0 Å². The molecule has 2 heterocycles. The third-order valence-corrected chi connectivity index (χ3v) is 6.83. The number of carbonyl (C=O) groups excluding carboxylic acids is 1. The van der Waals surface area contributed by atoms with Gasteiger partial charge in [-0.05, 0) is 50.2 Å². The number of hydrogen-bond donors (Lipinski definition) is 1. The van der Waals surface area contributed by atoms with E-state index in [9.17, 15) is 4.79 Å². The van der Waals surface area contributed by atoms with Gasteiger partial charge in [0, 0.05) is 58.0 Å². The van der Waals surface area contributed by atoms with Gasteiger partial charge in [-0.3, -0.25) is 0 Å². The minimum absolute atomic E-state index is 0.00781. The van der Waals surface area contributed by atoms with Crippen LogP contribution in [0.2, 0.25) is 0 Å². The molecule has 2 aromatic carbocycles. The van der Waals surface area contributed by atoms with E-state index in [-0.39, 0.29) is 6.03 Å². The fraction of sp³-hybridized carbons (Fsp3) is 0.500. The van der Waals surface area contributed by atoms with Crippen molar-refractivity contribution in [2.24, 2.45) is 0 Å². The highest BCUT2D eigenvalue weighted by atomic mass is 16.5. The Kier molecular flexibility index (Phi) is 7.60. The summed E-state index contributed by atoms with van der Waals surface area (Å²) in [7, 11) is 2.16. The second-order valence-corrected chi connectivity index (χ2v) is 9.03. The van der Waals surface area contributed by atoms with E-state index in [1.165, 1.54) is 16.8 Å². The van der Waals surface area contributed by atoms with Gasteiger partial charge in [0.1, 0.15) is 12.4 Å². The van der Waals surface area contributed by atoms with Crippen LogP contribution in [0, 0.1) is 13.8 Å². The van der Waals surface area contributed by atoms with Crippen LogP contribution in [0.1, 0.15) is 11.1 Å². The van der Waals surface area contributed by atoms with E-state index in [1.807, 2.05) is 17.0 Å². The molecule has 0 unspecified atom stereocenters. The number of carbonyl (C=O) groups is 1. The smallest absolute Gasteiger partial charge is 0.317 e.